The molecule has 1 unspecified atom stereocenters. The van der Waals surface area contributed by atoms with Crippen LogP contribution in [-0.2, 0) is 6.42 Å². The summed E-state index contributed by atoms with van der Waals surface area (Å²) in [6.45, 7) is 20.7. The molecule has 5 heteroatoms. The summed E-state index contributed by atoms with van der Waals surface area (Å²) >= 11 is 0. The maximum absolute atomic E-state index is 6.79. The van der Waals surface area contributed by atoms with Crippen molar-refractivity contribution >= 4 is 21.8 Å². The summed E-state index contributed by atoms with van der Waals surface area (Å²) in [5, 5.41) is 7.64. The highest BCUT2D eigenvalue weighted by Crippen LogP contribution is 2.47. The van der Waals surface area contributed by atoms with Gasteiger partial charge in [0.15, 0.2) is 0 Å². The third-order valence-electron chi connectivity index (χ3n) is 11.1. The highest BCUT2D eigenvalue weighted by atomic mass is 16.5. The monoisotopic (exact) mass is 678 g/mol. The molecule has 0 saturated carbocycles. The molecule has 6 aromatic rings. The summed E-state index contributed by atoms with van der Waals surface area (Å²) in [7, 11) is 0. The van der Waals surface area contributed by atoms with Crippen LogP contribution in [0.4, 0.5) is 0 Å². The highest BCUT2D eigenvalue weighted by molar-refractivity contribution is 6.09. The number of aryl methyl sites for hydroxylation is 2. The van der Waals surface area contributed by atoms with Crippen molar-refractivity contribution in [1.29, 1.82) is 0 Å². The molecule has 3 aromatic carbocycles. The van der Waals surface area contributed by atoms with Gasteiger partial charge in [-0.2, -0.15) is 5.10 Å². The minimum Gasteiger partial charge on any atom is -0.457 e. The van der Waals surface area contributed by atoms with Crippen LogP contribution < -0.4 is 4.74 Å². The number of para-hydroxylation sites is 1. The Hall–Kier alpha value is -4.64. The maximum Gasteiger partial charge on any atom is 0.137 e. The number of hydrogen-bond acceptors (Lipinski definition) is 3. The first kappa shape index (κ1) is 34.8. The number of benzene rings is 3. The van der Waals surface area contributed by atoms with Gasteiger partial charge in [0.1, 0.15) is 17.3 Å². The van der Waals surface area contributed by atoms with Crippen molar-refractivity contribution < 1.29 is 4.74 Å². The second-order valence-electron chi connectivity index (χ2n) is 15.6. The van der Waals surface area contributed by atoms with E-state index in [1.807, 2.05) is 6.20 Å². The van der Waals surface area contributed by atoms with Crippen LogP contribution in [0.25, 0.3) is 33.3 Å². The molecular weight excluding hydrogens is 625 g/mol. The SMILES string of the molecule is CCCc1ccnc(-n2c3ccccc3c3ccc(Oc4cc(C(C)C)cc(-n5nc(C)c(C6C(C(C)C)=CCC[C@@H]6C(C)C)c5C)c4)cc32)c1. The molecule has 0 radical (unpaired) electrons. The van der Waals surface area contributed by atoms with Gasteiger partial charge < -0.3 is 4.74 Å². The third kappa shape index (κ3) is 6.52. The standard InChI is InChI=1S/C46H54N4O/c1-10-14-33-21-22-47-44(23-33)49-42-18-12-11-15-40(42)41-20-19-36(27-43(41)49)51-37-25-34(28(2)3)24-35(26-37)50-32(9)45(31(8)48-50)46-38(29(4)5)16-13-17-39(46)30(6)7/h11-12,15-16,18-30,39,46H,10,13-14,17H2,1-9H3/t39-,46?/m1/s1. The zero-order chi connectivity index (χ0) is 36.0. The van der Waals surface area contributed by atoms with Crippen LogP contribution in [0.2, 0.25) is 0 Å². The highest BCUT2D eigenvalue weighted by Gasteiger charge is 2.36. The van der Waals surface area contributed by atoms with E-state index < -0.39 is 0 Å². The summed E-state index contributed by atoms with van der Waals surface area (Å²) in [6.07, 6.45) is 8.98. The normalized spacial score (nSPS) is 16.6. The van der Waals surface area contributed by atoms with Gasteiger partial charge in [-0.15, -0.1) is 0 Å². The van der Waals surface area contributed by atoms with Gasteiger partial charge in [0.2, 0.25) is 0 Å². The van der Waals surface area contributed by atoms with E-state index in [9.17, 15) is 0 Å². The van der Waals surface area contributed by atoms with Crippen molar-refractivity contribution in [2.75, 3.05) is 0 Å². The molecule has 7 rings (SSSR count). The number of aromatic nitrogens is 4. The lowest BCUT2D eigenvalue weighted by atomic mass is 9.67. The number of allylic oxidation sites excluding steroid dienone is 2. The Bertz CT molecular complexity index is 2230. The molecule has 1 aliphatic carbocycles. The lowest BCUT2D eigenvalue weighted by molar-refractivity contribution is 0.297. The minimum absolute atomic E-state index is 0.328. The molecule has 1 aliphatic rings. The van der Waals surface area contributed by atoms with Gasteiger partial charge in [-0.05, 0) is 110 Å². The van der Waals surface area contributed by atoms with Crippen LogP contribution in [0.15, 0.2) is 90.6 Å². The first-order valence-corrected chi connectivity index (χ1v) is 19.1. The average Bonchev–Trinajstić information content (AvgIpc) is 3.60. The second-order valence-corrected chi connectivity index (χ2v) is 15.6. The predicted molar refractivity (Wildman–Crippen MR) is 213 cm³/mol. The van der Waals surface area contributed by atoms with E-state index in [-0.39, 0.29) is 0 Å². The summed E-state index contributed by atoms with van der Waals surface area (Å²) < 4.78 is 11.2. The Labute approximate surface area is 304 Å². The maximum atomic E-state index is 6.79. The van der Waals surface area contributed by atoms with E-state index in [0.717, 1.165) is 52.6 Å². The van der Waals surface area contributed by atoms with E-state index in [0.29, 0.717) is 29.6 Å². The van der Waals surface area contributed by atoms with E-state index in [1.54, 1.807) is 5.57 Å². The van der Waals surface area contributed by atoms with Gasteiger partial charge in [0.25, 0.3) is 0 Å². The third-order valence-corrected chi connectivity index (χ3v) is 11.1. The molecule has 2 atom stereocenters. The smallest absolute Gasteiger partial charge is 0.137 e. The number of hydrogen-bond donors (Lipinski definition) is 0. The van der Waals surface area contributed by atoms with Crippen molar-refractivity contribution in [1.82, 2.24) is 19.3 Å². The Morgan fingerprint density at radius 3 is 2.35 bits per heavy atom. The average molecular weight is 679 g/mol. The quantitative estimate of drug-likeness (QED) is 0.135. The minimum atomic E-state index is 0.328. The fourth-order valence-corrected chi connectivity index (χ4v) is 8.58. The van der Waals surface area contributed by atoms with E-state index >= 15 is 0 Å². The molecule has 0 bridgehead atoms. The number of fused-ring (bicyclic) bond motifs is 3. The summed E-state index contributed by atoms with van der Waals surface area (Å²) in [6, 6.07) is 26.0. The van der Waals surface area contributed by atoms with Crippen molar-refractivity contribution in [3.63, 3.8) is 0 Å². The van der Waals surface area contributed by atoms with Gasteiger partial charge in [-0.25, -0.2) is 9.67 Å². The predicted octanol–water partition coefficient (Wildman–Crippen LogP) is 12.6. The number of rotatable bonds is 10. The Balaban J connectivity index is 1.31. The molecule has 0 fully saturated rings. The molecule has 5 nitrogen and oxygen atoms in total. The van der Waals surface area contributed by atoms with Gasteiger partial charge >= 0.3 is 0 Å². The lowest BCUT2D eigenvalue weighted by Gasteiger charge is -2.37. The van der Waals surface area contributed by atoms with Gasteiger partial charge in [0.05, 0.1) is 22.4 Å². The van der Waals surface area contributed by atoms with E-state index in [4.69, 9.17) is 14.8 Å². The van der Waals surface area contributed by atoms with Crippen LogP contribution in [0.5, 0.6) is 11.5 Å². The van der Waals surface area contributed by atoms with E-state index in [2.05, 4.69) is 150 Å². The van der Waals surface area contributed by atoms with Crippen LogP contribution >= 0.6 is 0 Å². The molecular formula is C46H54N4O. The topological polar surface area (TPSA) is 44.9 Å². The fraction of sp³-hybridized carbons (Fsp3) is 0.391. The summed E-state index contributed by atoms with van der Waals surface area (Å²) in [5.74, 6) is 4.99. The molecule has 264 valence electrons. The van der Waals surface area contributed by atoms with Crippen LogP contribution in [0, 0.1) is 31.6 Å². The first-order valence-electron chi connectivity index (χ1n) is 19.1. The van der Waals surface area contributed by atoms with Gasteiger partial charge in [-0.3, -0.25) is 4.57 Å². The zero-order valence-corrected chi connectivity index (χ0v) is 32.0. The number of pyridine rings is 1. The Morgan fingerprint density at radius 2 is 1.61 bits per heavy atom. The first-order chi connectivity index (χ1) is 24.5. The summed E-state index contributed by atoms with van der Waals surface area (Å²) in [4.78, 5) is 4.84. The number of nitrogens with zero attached hydrogens (tertiary/aromatic N) is 4. The second kappa shape index (κ2) is 14.2. The lowest BCUT2D eigenvalue weighted by Crippen LogP contribution is -2.26. The molecule has 0 N–H and O–H groups in total. The Morgan fingerprint density at radius 1 is 0.824 bits per heavy atom. The summed E-state index contributed by atoms with van der Waals surface area (Å²) in [5.41, 5.74) is 11.1. The van der Waals surface area contributed by atoms with Crippen molar-refractivity contribution in [3.8, 4) is 23.0 Å². The van der Waals surface area contributed by atoms with Crippen LogP contribution in [-0.4, -0.2) is 19.3 Å². The van der Waals surface area contributed by atoms with Gasteiger partial charge in [0, 0.05) is 46.3 Å². The molecule has 0 spiro atoms. The molecule has 51 heavy (non-hydrogen) atoms. The largest absolute Gasteiger partial charge is 0.457 e. The molecule has 3 aromatic heterocycles. The fourth-order valence-electron chi connectivity index (χ4n) is 8.58. The van der Waals surface area contributed by atoms with Gasteiger partial charge in [-0.1, -0.05) is 84.7 Å². The van der Waals surface area contributed by atoms with E-state index in [1.165, 1.54) is 46.0 Å². The molecule has 0 aliphatic heterocycles. The molecule has 3 heterocycles. The van der Waals surface area contributed by atoms with Crippen LogP contribution in [0.1, 0.15) is 108 Å². The molecule has 0 amide bonds. The number of ether oxygens (including phenoxy) is 1. The Kier molecular flexibility index (Phi) is 9.67. The van der Waals surface area contributed by atoms with Crippen LogP contribution in [0.3, 0.4) is 0 Å². The van der Waals surface area contributed by atoms with Crippen molar-refractivity contribution in [2.45, 2.75) is 99.8 Å². The molecule has 0 saturated heterocycles. The van der Waals surface area contributed by atoms with Crippen molar-refractivity contribution in [3.05, 3.63) is 119 Å². The van der Waals surface area contributed by atoms with Crippen molar-refractivity contribution in [2.24, 2.45) is 17.8 Å². The zero-order valence-electron chi connectivity index (χ0n) is 32.0.